The molecule has 5 N–H and O–H groups in total. The highest BCUT2D eigenvalue weighted by Gasteiger charge is 2.71. The van der Waals surface area contributed by atoms with Gasteiger partial charge in [-0.2, -0.15) is 0 Å². The van der Waals surface area contributed by atoms with E-state index in [1.54, 1.807) is 18.2 Å². The van der Waals surface area contributed by atoms with Gasteiger partial charge in [0.1, 0.15) is 18.0 Å². The number of nitrogens with one attached hydrogen (secondary N) is 3. The minimum atomic E-state index is -0.841. The molecule has 1 aromatic rings. The third-order valence-corrected chi connectivity index (χ3v) is 20.5. The predicted octanol–water partition coefficient (Wildman–Crippen LogP) is 9.57. The summed E-state index contributed by atoms with van der Waals surface area (Å²) in [6.45, 7) is 26.7. The first-order valence-corrected chi connectivity index (χ1v) is 26.2. The molecular formula is C55H82ClN3O8. The average Bonchev–Trinajstić information content (AvgIpc) is 3.55. The quantitative estimate of drug-likeness (QED) is 0.120. The van der Waals surface area contributed by atoms with Crippen LogP contribution in [0.2, 0.25) is 5.02 Å². The molecule has 372 valence electrons. The molecule has 0 aromatic heterocycles. The fourth-order valence-corrected chi connectivity index (χ4v) is 16.4. The molecule has 5 saturated carbocycles. The van der Waals surface area contributed by atoms with E-state index in [1.165, 1.54) is 5.57 Å². The van der Waals surface area contributed by atoms with E-state index < -0.39 is 40.3 Å². The number of aliphatic hydroxyl groups excluding tert-OH is 1. The third-order valence-electron chi connectivity index (χ3n) is 20.3. The van der Waals surface area contributed by atoms with Crippen molar-refractivity contribution in [2.24, 2.45) is 68.0 Å². The van der Waals surface area contributed by atoms with Crippen molar-refractivity contribution in [1.82, 2.24) is 16.0 Å². The Morgan fingerprint density at radius 3 is 2.24 bits per heavy atom. The van der Waals surface area contributed by atoms with Crippen LogP contribution in [0.15, 0.2) is 29.3 Å². The number of hydrogen-bond donors (Lipinski definition) is 5. The minimum Gasteiger partial charge on any atom is -0.489 e. The lowest BCUT2D eigenvalue weighted by Crippen LogP contribution is -2.66. The van der Waals surface area contributed by atoms with Gasteiger partial charge in [-0.05, 0) is 167 Å². The summed E-state index contributed by atoms with van der Waals surface area (Å²) in [4.78, 5) is 53.7. The molecule has 67 heavy (non-hydrogen) atoms. The molecule has 1 heterocycles. The summed E-state index contributed by atoms with van der Waals surface area (Å²) < 4.78 is 12.8. The number of aliphatic carboxylic acids is 1. The average molecular weight is 949 g/mol. The smallest absolute Gasteiger partial charge is 0.309 e. The summed E-state index contributed by atoms with van der Waals surface area (Å²) in [6, 6.07) is 5.15. The van der Waals surface area contributed by atoms with Crippen LogP contribution in [0.25, 0.3) is 0 Å². The van der Waals surface area contributed by atoms with Gasteiger partial charge in [0.15, 0.2) is 5.78 Å². The lowest BCUT2D eigenvalue weighted by molar-refractivity contribution is -0.238. The maximum absolute atomic E-state index is 14.3. The van der Waals surface area contributed by atoms with E-state index in [0.717, 1.165) is 82.9 Å². The summed E-state index contributed by atoms with van der Waals surface area (Å²) in [5.74, 6) is -0.538. The van der Waals surface area contributed by atoms with Crippen LogP contribution in [0.1, 0.15) is 164 Å². The van der Waals surface area contributed by atoms with Gasteiger partial charge in [-0.15, -0.1) is 0 Å². The molecule has 6 aliphatic carbocycles. The molecule has 7 aliphatic rings. The molecule has 12 heteroatoms. The lowest BCUT2D eigenvalue weighted by atomic mass is 9.33. The van der Waals surface area contributed by atoms with Gasteiger partial charge in [-0.3, -0.25) is 19.2 Å². The number of Topliss-reactive ketones (excluding diaryl/α,β-unsaturated/α-hetero) is 1. The van der Waals surface area contributed by atoms with E-state index in [0.29, 0.717) is 54.1 Å². The van der Waals surface area contributed by atoms with Crippen LogP contribution >= 0.6 is 11.6 Å². The number of ketones is 1. The third kappa shape index (κ3) is 8.31. The Morgan fingerprint density at radius 2 is 1.58 bits per heavy atom. The summed E-state index contributed by atoms with van der Waals surface area (Å²) in [5.41, 5.74) is 0.402. The number of fused-ring (bicyclic) bond motifs is 7. The van der Waals surface area contributed by atoms with Gasteiger partial charge in [-0.25, -0.2) is 0 Å². The molecule has 1 aromatic carbocycles. The number of amides is 1. The van der Waals surface area contributed by atoms with Crippen LogP contribution in [-0.2, 0) is 19.1 Å². The van der Waals surface area contributed by atoms with E-state index in [4.69, 9.17) is 21.1 Å². The zero-order valence-electron chi connectivity index (χ0n) is 42.5. The van der Waals surface area contributed by atoms with Crippen LogP contribution < -0.4 is 20.7 Å². The second kappa shape index (κ2) is 17.7. The SMILES string of the molecule is CC(C)C1=C2[C@H]3CC[C@@H]4[C@@]5(C)CC[C@H](OC(=O)[C@H]6C[C@@H](C(=O)O)C6(C)C)C(C)(C)[C@@H]5CC[C@@]4(C)[C@]3(C)CC[C@@]2([C@@H](O)CNCC(C)(C)NC(=O)c2ccc(Cl)cc2OC2CCNCC2)CC1=O. The summed E-state index contributed by atoms with van der Waals surface area (Å²) in [7, 11) is 0. The van der Waals surface area contributed by atoms with E-state index in [1.807, 2.05) is 27.7 Å². The van der Waals surface area contributed by atoms with Gasteiger partial charge in [-0.1, -0.05) is 79.5 Å². The van der Waals surface area contributed by atoms with Crippen LogP contribution in [0.4, 0.5) is 0 Å². The zero-order chi connectivity index (χ0) is 48.9. The highest BCUT2D eigenvalue weighted by Crippen LogP contribution is 2.77. The van der Waals surface area contributed by atoms with Crippen LogP contribution in [-0.4, -0.2) is 83.9 Å². The highest BCUT2D eigenvalue weighted by atomic mass is 35.5. The van der Waals surface area contributed by atoms with Gasteiger partial charge in [0.25, 0.3) is 5.91 Å². The van der Waals surface area contributed by atoms with Crippen molar-refractivity contribution in [1.29, 1.82) is 0 Å². The second-order valence-corrected chi connectivity index (χ2v) is 25.8. The molecule has 6 fully saturated rings. The maximum atomic E-state index is 14.3. The topological polar surface area (TPSA) is 163 Å². The Balaban J connectivity index is 0.964. The molecule has 1 saturated heterocycles. The Labute approximate surface area is 405 Å². The normalized spacial score (nSPS) is 37.3. The first-order chi connectivity index (χ1) is 31.2. The molecule has 11 atom stereocenters. The van der Waals surface area contributed by atoms with Gasteiger partial charge in [0.05, 0.1) is 23.5 Å². The number of carbonyl (C=O) groups is 4. The van der Waals surface area contributed by atoms with Crippen LogP contribution in [0, 0.1) is 68.0 Å². The number of esters is 1. The van der Waals surface area contributed by atoms with Crippen molar-refractivity contribution in [2.75, 3.05) is 26.2 Å². The van der Waals surface area contributed by atoms with Crippen LogP contribution in [0.3, 0.4) is 0 Å². The molecule has 0 spiro atoms. The van der Waals surface area contributed by atoms with Gasteiger partial charge in [0, 0.05) is 40.9 Å². The molecule has 0 bridgehead atoms. The van der Waals surface area contributed by atoms with Crippen molar-refractivity contribution >= 4 is 35.2 Å². The number of hydrogen-bond acceptors (Lipinski definition) is 9. The lowest BCUT2D eigenvalue weighted by Gasteiger charge is -2.72. The molecule has 0 unspecified atom stereocenters. The van der Waals surface area contributed by atoms with Crippen molar-refractivity contribution in [3.63, 3.8) is 0 Å². The number of rotatable bonds is 13. The monoisotopic (exact) mass is 948 g/mol. The highest BCUT2D eigenvalue weighted by molar-refractivity contribution is 6.30. The number of allylic oxidation sites excluding steroid dienone is 1. The van der Waals surface area contributed by atoms with E-state index in [2.05, 4.69) is 64.4 Å². The standard InChI is InChI=1S/C55H82ClN3O8/c1-31(2)44-38(60)28-55(42(61)29-58-30-49(3,4)59-46(62)34-13-12-32(56)26-39(34)66-33-18-24-57-25-19-33)23-22-53(10)35(45(44)55)14-15-41-52(9)20-17-43(51(7,8)40(52)16-21-54(41,53)11)67-48(65)37-27-36(47(63)64)50(37,5)6/h12-13,26,31,33,35-37,40-43,57-58,61H,14-25,27-30H2,1-11H3,(H,59,62)(H,63,64)/t35-,36+,37-,40+,41-,42+,43+,52+,53-,54-,55+/m1/s1. The molecular weight excluding hydrogens is 866 g/mol. The largest absolute Gasteiger partial charge is 0.489 e. The van der Waals surface area contributed by atoms with Gasteiger partial charge in [0.2, 0.25) is 0 Å². The van der Waals surface area contributed by atoms with Gasteiger partial charge >= 0.3 is 11.9 Å². The number of carboxylic acid groups (broad SMARTS) is 1. The van der Waals surface area contributed by atoms with E-state index in [9.17, 15) is 29.4 Å². The first-order valence-electron chi connectivity index (χ1n) is 25.8. The second-order valence-electron chi connectivity index (χ2n) is 25.3. The Bertz CT molecular complexity index is 2160. The van der Waals surface area contributed by atoms with Crippen molar-refractivity contribution in [2.45, 2.75) is 177 Å². The maximum Gasteiger partial charge on any atom is 0.309 e. The van der Waals surface area contributed by atoms with Gasteiger partial charge < -0.3 is 35.6 Å². The number of carbonyl (C=O) groups excluding carboxylic acids is 3. The van der Waals surface area contributed by atoms with Crippen molar-refractivity contribution in [3.05, 3.63) is 39.9 Å². The fraction of sp³-hybridized carbons (Fsp3) is 0.782. The van der Waals surface area contributed by atoms with Crippen molar-refractivity contribution < 1.29 is 38.9 Å². The first kappa shape index (κ1) is 50.4. The molecule has 0 radical (unpaired) electrons. The number of piperidine rings is 1. The fourth-order valence-electron chi connectivity index (χ4n) is 16.3. The number of carboxylic acids is 1. The molecule has 8 rings (SSSR count). The summed E-state index contributed by atoms with van der Waals surface area (Å²) in [5, 5.41) is 32.8. The summed E-state index contributed by atoms with van der Waals surface area (Å²) in [6.07, 6.45) is 8.98. The molecule has 11 nitrogen and oxygen atoms in total. The predicted molar refractivity (Wildman–Crippen MR) is 261 cm³/mol. The summed E-state index contributed by atoms with van der Waals surface area (Å²) >= 11 is 6.37. The molecule has 1 amide bonds. The number of aliphatic hydroxyl groups is 1. The number of halogens is 1. The minimum absolute atomic E-state index is 0.00345. The van der Waals surface area contributed by atoms with E-state index in [-0.39, 0.29) is 63.4 Å². The Morgan fingerprint density at radius 1 is 0.881 bits per heavy atom. The van der Waals surface area contributed by atoms with Crippen molar-refractivity contribution in [3.8, 4) is 5.75 Å². The Kier molecular flexibility index (Phi) is 13.3. The number of ether oxygens (including phenoxy) is 2. The molecule has 1 aliphatic heterocycles. The van der Waals surface area contributed by atoms with Crippen LogP contribution in [0.5, 0.6) is 5.75 Å². The van der Waals surface area contributed by atoms with E-state index >= 15 is 0 Å². The zero-order valence-corrected chi connectivity index (χ0v) is 43.2. The number of benzene rings is 1. The Hall–Kier alpha value is -2.99.